The monoisotopic (exact) mass is 315 g/mol. The first-order valence-corrected chi connectivity index (χ1v) is 7.29. The molecule has 0 aromatic rings. The van der Waals surface area contributed by atoms with Crippen LogP contribution in [0, 0.1) is 5.92 Å². The van der Waals surface area contributed by atoms with Gasteiger partial charge in [-0.05, 0) is 6.42 Å². The fourth-order valence-electron chi connectivity index (χ4n) is 1.65. The molecule has 0 saturated carbocycles. The number of nitrogens with zero attached hydrogens (tertiary/aromatic N) is 1. The van der Waals surface area contributed by atoms with E-state index in [4.69, 9.17) is 9.47 Å². The van der Waals surface area contributed by atoms with Crippen molar-refractivity contribution >= 4 is 23.9 Å². The van der Waals surface area contributed by atoms with Crippen molar-refractivity contribution in [3.8, 4) is 0 Å². The number of carbonyl (C=O) groups excluding carboxylic acids is 4. The Kier molecular flexibility index (Phi) is 6.81. The molecular weight excluding hydrogens is 294 g/mol. The summed E-state index contributed by atoms with van der Waals surface area (Å²) in [7, 11) is 0. The molecule has 8 nitrogen and oxygen atoms in total. The second-order valence-corrected chi connectivity index (χ2v) is 5.25. The molecule has 1 aliphatic rings. The van der Waals surface area contributed by atoms with Crippen LogP contribution in [0.4, 0.5) is 4.79 Å². The average molecular weight is 315 g/mol. The lowest BCUT2D eigenvalue weighted by Gasteiger charge is -2.21. The number of carbonyl (C=O) groups is 4. The van der Waals surface area contributed by atoms with Gasteiger partial charge in [-0.15, -0.1) is 0 Å². The van der Waals surface area contributed by atoms with Crippen molar-refractivity contribution in [1.29, 1.82) is 0 Å². The lowest BCUT2D eigenvalue weighted by Crippen LogP contribution is -2.36. The van der Waals surface area contributed by atoms with Crippen molar-refractivity contribution in [2.75, 3.05) is 0 Å². The van der Waals surface area contributed by atoms with E-state index in [1.165, 1.54) is 0 Å². The number of amides is 2. The van der Waals surface area contributed by atoms with Gasteiger partial charge in [0, 0.05) is 25.2 Å². The van der Waals surface area contributed by atoms with Crippen molar-refractivity contribution in [2.45, 2.75) is 59.2 Å². The first-order valence-electron chi connectivity index (χ1n) is 7.29. The van der Waals surface area contributed by atoms with Crippen molar-refractivity contribution in [3.63, 3.8) is 0 Å². The van der Waals surface area contributed by atoms with Gasteiger partial charge in [-0.25, -0.2) is 4.79 Å². The molecule has 1 aliphatic heterocycles. The Morgan fingerprint density at radius 3 is 2.23 bits per heavy atom. The van der Waals surface area contributed by atoms with Crippen molar-refractivity contribution in [3.05, 3.63) is 0 Å². The minimum absolute atomic E-state index is 0.00821. The van der Waals surface area contributed by atoms with Gasteiger partial charge in [-0.1, -0.05) is 32.3 Å². The summed E-state index contributed by atoms with van der Waals surface area (Å²) < 4.78 is 9.92. The van der Waals surface area contributed by atoms with E-state index >= 15 is 0 Å². The fraction of sp³-hybridized carbons (Fsp3) is 0.714. The minimum atomic E-state index is -1.26. The standard InChI is InChI=1S/C14H21NO7/c1-4-5-6-12(18)20-13(9(2)3)21-14(19)22-15-10(16)7-8-11(15)17/h9,13H,4-8H2,1-3H3. The van der Waals surface area contributed by atoms with Crippen LogP contribution in [0.25, 0.3) is 0 Å². The van der Waals surface area contributed by atoms with Gasteiger partial charge in [0.1, 0.15) is 0 Å². The van der Waals surface area contributed by atoms with Gasteiger partial charge >= 0.3 is 12.1 Å². The SMILES string of the molecule is CCCCC(=O)OC(OC(=O)ON1C(=O)CCC1=O)C(C)C. The van der Waals surface area contributed by atoms with Crippen LogP contribution in [0.15, 0.2) is 0 Å². The molecular formula is C14H21NO7. The summed E-state index contributed by atoms with van der Waals surface area (Å²) in [4.78, 5) is 50.4. The lowest BCUT2D eigenvalue weighted by atomic mass is 10.2. The Morgan fingerprint density at radius 2 is 1.73 bits per heavy atom. The van der Waals surface area contributed by atoms with Crippen LogP contribution in [0.5, 0.6) is 0 Å². The normalized spacial score (nSPS) is 15.9. The molecule has 22 heavy (non-hydrogen) atoms. The maximum absolute atomic E-state index is 11.6. The van der Waals surface area contributed by atoms with E-state index in [1.807, 2.05) is 6.92 Å². The predicted molar refractivity (Wildman–Crippen MR) is 72.9 cm³/mol. The van der Waals surface area contributed by atoms with E-state index in [0.29, 0.717) is 11.5 Å². The first-order chi connectivity index (χ1) is 10.3. The average Bonchev–Trinajstić information content (AvgIpc) is 2.76. The Bertz CT molecular complexity index is 430. The van der Waals surface area contributed by atoms with Gasteiger partial charge < -0.3 is 9.47 Å². The summed E-state index contributed by atoms with van der Waals surface area (Å²) >= 11 is 0. The van der Waals surface area contributed by atoms with Gasteiger partial charge in [0.15, 0.2) is 0 Å². The Balaban J connectivity index is 2.51. The van der Waals surface area contributed by atoms with E-state index in [0.717, 1.165) is 6.42 Å². The summed E-state index contributed by atoms with van der Waals surface area (Å²) in [5, 5.41) is 0.374. The molecule has 0 aliphatic carbocycles. The molecule has 1 fully saturated rings. The maximum atomic E-state index is 11.6. The quantitative estimate of drug-likeness (QED) is 0.402. The highest BCUT2D eigenvalue weighted by atomic mass is 16.9. The zero-order chi connectivity index (χ0) is 16.7. The zero-order valence-corrected chi connectivity index (χ0v) is 13.0. The minimum Gasteiger partial charge on any atom is -0.425 e. The van der Waals surface area contributed by atoms with Crippen molar-refractivity contribution in [1.82, 2.24) is 5.06 Å². The number of rotatable bonds is 7. The number of unbranched alkanes of at least 4 members (excludes halogenated alkanes) is 1. The number of hydrogen-bond donors (Lipinski definition) is 0. The third kappa shape index (κ3) is 5.34. The Hall–Kier alpha value is -2.12. The smallest absolute Gasteiger partial charge is 0.425 e. The summed E-state index contributed by atoms with van der Waals surface area (Å²) in [5.74, 6) is -2.00. The highest BCUT2D eigenvalue weighted by Crippen LogP contribution is 2.15. The molecule has 124 valence electrons. The Morgan fingerprint density at radius 1 is 1.14 bits per heavy atom. The Labute approximate surface area is 128 Å². The van der Waals surface area contributed by atoms with Gasteiger partial charge in [0.05, 0.1) is 0 Å². The lowest BCUT2D eigenvalue weighted by molar-refractivity contribution is -0.199. The highest BCUT2D eigenvalue weighted by Gasteiger charge is 2.34. The number of ether oxygens (including phenoxy) is 2. The maximum Gasteiger partial charge on any atom is 0.537 e. The predicted octanol–water partition coefficient (Wildman–Crippen LogP) is 1.92. The third-order valence-electron chi connectivity index (χ3n) is 2.91. The van der Waals surface area contributed by atoms with E-state index in [9.17, 15) is 19.2 Å². The largest absolute Gasteiger partial charge is 0.537 e. The summed E-state index contributed by atoms with van der Waals surface area (Å²) in [5.41, 5.74) is 0. The van der Waals surface area contributed by atoms with Gasteiger partial charge in [-0.2, -0.15) is 0 Å². The molecule has 0 spiro atoms. The fourth-order valence-corrected chi connectivity index (χ4v) is 1.65. The van der Waals surface area contributed by atoms with E-state index < -0.39 is 30.2 Å². The third-order valence-corrected chi connectivity index (χ3v) is 2.91. The van der Waals surface area contributed by atoms with Crippen LogP contribution in [0.2, 0.25) is 0 Å². The number of hydrogen-bond acceptors (Lipinski definition) is 7. The van der Waals surface area contributed by atoms with E-state index in [1.54, 1.807) is 13.8 Å². The zero-order valence-electron chi connectivity index (χ0n) is 13.0. The van der Waals surface area contributed by atoms with Crippen LogP contribution >= 0.6 is 0 Å². The van der Waals surface area contributed by atoms with Crippen LogP contribution < -0.4 is 0 Å². The second kappa shape index (κ2) is 8.35. The highest BCUT2D eigenvalue weighted by molar-refractivity contribution is 6.01. The van der Waals surface area contributed by atoms with E-state index in [-0.39, 0.29) is 25.2 Å². The molecule has 1 saturated heterocycles. The van der Waals surface area contributed by atoms with E-state index in [2.05, 4.69) is 4.84 Å². The molecule has 1 rings (SSSR count). The summed E-state index contributed by atoms with van der Waals surface area (Å²) in [6.45, 7) is 5.32. The molecule has 8 heteroatoms. The van der Waals surface area contributed by atoms with Crippen LogP contribution in [-0.2, 0) is 28.7 Å². The molecule has 0 aromatic heterocycles. The van der Waals surface area contributed by atoms with Crippen molar-refractivity contribution < 1.29 is 33.5 Å². The number of imide groups is 1. The topological polar surface area (TPSA) is 99.2 Å². The van der Waals surface area contributed by atoms with Crippen LogP contribution in [0.1, 0.15) is 52.9 Å². The molecule has 0 N–H and O–H groups in total. The molecule has 1 atom stereocenters. The molecule has 0 bridgehead atoms. The summed E-state index contributed by atoms with van der Waals surface area (Å²) in [6, 6.07) is 0. The molecule has 0 radical (unpaired) electrons. The number of hydroxylamine groups is 2. The van der Waals surface area contributed by atoms with Crippen LogP contribution in [-0.4, -0.2) is 35.3 Å². The van der Waals surface area contributed by atoms with Crippen LogP contribution in [0.3, 0.4) is 0 Å². The van der Waals surface area contributed by atoms with Gasteiger partial charge in [-0.3, -0.25) is 19.2 Å². The molecule has 1 heterocycles. The van der Waals surface area contributed by atoms with Gasteiger partial charge in [0.2, 0.25) is 0 Å². The number of esters is 1. The first kappa shape index (κ1) is 17.9. The summed E-state index contributed by atoms with van der Waals surface area (Å²) in [6.07, 6.45) is -0.678. The second-order valence-electron chi connectivity index (χ2n) is 5.25. The molecule has 2 amide bonds. The molecule has 0 aromatic carbocycles. The van der Waals surface area contributed by atoms with Gasteiger partial charge in [0.25, 0.3) is 18.1 Å². The molecule has 1 unspecified atom stereocenters. The van der Waals surface area contributed by atoms with Crippen molar-refractivity contribution in [2.24, 2.45) is 5.92 Å².